The summed E-state index contributed by atoms with van der Waals surface area (Å²) in [5.41, 5.74) is -3.48. The van der Waals surface area contributed by atoms with E-state index in [9.17, 15) is 29.7 Å². The fraction of sp³-hybridized carbons (Fsp3) is 0.833. The van der Waals surface area contributed by atoms with Crippen LogP contribution in [0.15, 0.2) is 11.6 Å². The molecule has 6 heteroatoms. The van der Waals surface area contributed by atoms with Gasteiger partial charge in [-0.25, -0.2) is 0 Å². The molecule has 11 atom stereocenters. The Morgan fingerprint density at radius 2 is 1.69 bits per heavy atom. The van der Waals surface area contributed by atoms with E-state index in [2.05, 4.69) is 26.8 Å². The number of hydrogen-bond acceptors (Lipinski definition) is 5. The smallest absolute Gasteiger partial charge is 0.310 e. The molecule has 6 nitrogen and oxygen atoms in total. The first-order chi connectivity index (χ1) is 16.6. The van der Waals surface area contributed by atoms with Crippen LogP contribution in [0, 0.1) is 50.7 Å². The van der Waals surface area contributed by atoms with Gasteiger partial charge in [0.1, 0.15) is 12.1 Å². The number of carbonyl (C=O) groups is 3. The molecule has 200 valence electrons. The summed E-state index contributed by atoms with van der Waals surface area (Å²) in [6.07, 6.45) is 6.81. The maximum absolute atomic E-state index is 14.0. The molecule has 0 radical (unpaired) electrons. The van der Waals surface area contributed by atoms with Crippen molar-refractivity contribution in [2.24, 2.45) is 50.7 Å². The number of Topliss-reactive ketones (excluding diaryl/α,β-unsaturated/α-hetero) is 1. The highest BCUT2D eigenvalue weighted by atomic mass is 16.4. The Morgan fingerprint density at radius 1 is 1.03 bits per heavy atom. The summed E-state index contributed by atoms with van der Waals surface area (Å²) in [5, 5.41) is 33.2. The Morgan fingerprint density at radius 3 is 2.31 bits per heavy atom. The lowest BCUT2D eigenvalue weighted by molar-refractivity contribution is -0.213. The number of fused-ring (bicyclic) bond motifs is 7. The molecule has 5 rings (SSSR count). The van der Waals surface area contributed by atoms with E-state index in [1.165, 1.54) is 0 Å². The highest BCUT2D eigenvalue weighted by Gasteiger charge is 2.73. The van der Waals surface area contributed by atoms with Crippen molar-refractivity contribution in [2.45, 2.75) is 105 Å². The molecule has 0 amide bonds. The van der Waals surface area contributed by atoms with Crippen LogP contribution in [-0.2, 0) is 14.4 Å². The minimum atomic E-state index is -1.15. The van der Waals surface area contributed by atoms with Crippen molar-refractivity contribution in [2.75, 3.05) is 0 Å². The van der Waals surface area contributed by atoms with Crippen LogP contribution in [0.1, 0.15) is 92.9 Å². The number of aliphatic hydroxyl groups is 2. The number of hydrogen-bond donors (Lipinski definition) is 3. The summed E-state index contributed by atoms with van der Waals surface area (Å²) >= 11 is 0. The highest BCUT2D eigenvalue weighted by Crippen LogP contribution is 2.75. The molecule has 36 heavy (non-hydrogen) atoms. The largest absolute Gasteiger partial charge is 0.481 e. The quantitative estimate of drug-likeness (QED) is 0.378. The van der Waals surface area contributed by atoms with Crippen LogP contribution in [0.25, 0.3) is 0 Å². The molecule has 0 spiro atoms. The van der Waals surface area contributed by atoms with Crippen molar-refractivity contribution in [1.29, 1.82) is 0 Å². The Kier molecular flexibility index (Phi) is 5.46. The molecule has 0 heterocycles. The summed E-state index contributed by atoms with van der Waals surface area (Å²) in [4.78, 5) is 39.2. The van der Waals surface area contributed by atoms with Crippen molar-refractivity contribution in [3.05, 3.63) is 11.6 Å². The van der Waals surface area contributed by atoms with Gasteiger partial charge in [-0.05, 0) is 86.9 Å². The van der Waals surface area contributed by atoms with Gasteiger partial charge in [0.15, 0.2) is 0 Å². The zero-order valence-electron chi connectivity index (χ0n) is 22.8. The van der Waals surface area contributed by atoms with Crippen molar-refractivity contribution in [1.82, 2.24) is 0 Å². The fourth-order valence-electron chi connectivity index (χ4n) is 10.6. The summed E-state index contributed by atoms with van der Waals surface area (Å²) in [6, 6.07) is 0. The van der Waals surface area contributed by atoms with Crippen LogP contribution in [0.5, 0.6) is 0 Å². The molecule has 4 fully saturated rings. The number of allylic oxidation sites excluding steroid dienone is 1. The number of rotatable bonds is 2. The second-order valence-corrected chi connectivity index (χ2v) is 14.4. The molecular weight excluding hydrogens is 456 g/mol. The Bertz CT molecular complexity index is 1050. The van der Waals surface area contributed by atoms with E-state index >= 15 is 0 Å². The van der Waals surface area contributed by atoms with Crippen LogP contribution in [0.2, 0.25) is 0 Å². The molecule has 0 aromatic rings. The van der Waals surface area contributed by atoms with Crippen molar-refractivity contribution >= 4 is 18.0 Å². The number of ketones is 1. The summed E-state index contributed by atoms with van der Waals surface area (Å²) in [5.74, 6) is -1.68. The molecule has 0 bridgehead atoms. The van der Waals surface area contributed by atoms with Gasteiger partial charge in [-0.15, -0.1) is 0 Å². The van der Waals surface area contributed by atoms with Gasteiger partial charge >= 0.3 is 5.97 Å². The predicted octanol–water partition coefficient (Wildman–Crippen LogP) is 4.56. The molecule has 0 unspecified atom stereocenters. The first-order valence-electron chi connectivity index (χ1n) is 13.9. The van der Waals surface area contributed by atoms with E-state index < -0.39 is 56.6 Å². The van der Waals surface area contributed by atoms with E-state index in [0.29, 0.717) is 51.4 Å². The monoisotopic (exact) mass is 500 g/mol. The zero-order valence-corrected chi connectivity index (χ0v) is 22.8. The van der Waals surface area contributed by atoms with E-state index in [0.717, 1.165) is 11.9 Å². The van der Waals surface area contributed by atoms with E-state index in [-0.39, 0.29) is 17.6 Å². The van der Waals surface area contributed by atoms with Gasteiger partial charge in [0.05, 0.1) is 22.5 Å². The number of carboxylic acids is 1. The van der Waals surface area contributed by atoms with Gasteiger partial charge < -0.3 is 20.1 Å². The third kappa shape index (κ3) is 2.78. The first-order valence-corrected chi connectivity index (χ1v) is 13.9. The Balaban J connectivity index is 1.68. The van der Waals surface area contributed by atoms with Crippen molar-refractivity contribution < 1.29 is 29.7 Å². The summed E-state index contributed by atoms with van der Waals surface area (Å²) in [6.45, 7) is 12.2. The van der Waals surface area contributed by atoms with Crippen LogP contribution in [0.4, 0.5) is 0 Å². The third-order valence-corrected chi connectivity index (χ3v) is 13.1. The van der Waals surface area contributed by atoms with Crippen LogP contribution in [-0.4, -0.2) is 45.1 Å². The normalized spacial score (nSPS) is 56.4. The van der Waals surface area contributed by atoms with E-state index in [1.807, 2.05) is 13.8 Å². The van der Waals surface area contributed by atoms with Crippen molar-refractivity contribution in [3.8, 4) is 0 Å². The maximum atomic E-state index is 14.0. The summed E-state index contributed by atoms with van der Waals surface area (Å²) in [7, 11) is 0. The average Bonchev–Trinajstić information content (AvgIpc) is 2.79. The minimum Gasteiger partial charge on any atom is -0.481 e. The number of carbonyl (C=O) groups excluding carboxylic acids is 2. The lowest BCUT2D eigenvalue weighted by Crippen LogP contribution is -2.69. The molecule has 0 aromatic carbocycles. The van der Waals surface area contributed by atoms with Gasteiger partial charge in [-0.3, -0.25) is 9.59 Å². The first kappa shape index (κ1) is 26.1. The fourth-order valence-corrected chi connectivity index (χ4v) is 10.6. The number of aliphatic carboxylic acids is 1. The molecule has 0 aliphatic heterocycles. The van der Waals surface area contributed by atoms with Gasteiger partial charge in [-0.1, -0.05) is 39.3 Å². The molecule has 0 saturated heterocycles. The third-order valence-electron chi connectivity index (χ3n) is 13.1. The molecule has 0 aromatic heterocycles. The summed E-state index contributed by atoms with van der Waals surface area (Å²) < 4.78 is 0. The van der Waals surface area contributed by atoms with Crippen molar-refractivity contribution in [3.63, 3.8) is 0 Å². The van der Waals surface area contributed by atoms with Gasteiger partial charge in [0.2, 0.25) is 0 Å². The molecule has 5 aliphatic carbocycles. The number of aliphatic hydroxyl groups excluding tert-OH is 1. The van der Waals surface area contributed by atoms with Crippen LogP contribution >= 0.6 is 0 Å². The maximum Gasteiger partial charge on any atom is 0.310 e. The Hall–Kier alpha value is -1.53. The zero-order chi connectivity index (χ0) is 26.7. The lowest BCUT2D eigenvalue weighted by Gasteiger charge is -2.70. The van der Waals surface area contributed by atoms with E-state index in [4.69, 9.17) is 0 Å². The number of aldehydes is 1. The molecule has 5 aliphatic rings. The minimum absolute atomic E-state index is 0.0215. The molecular formula is C30H44O6. The van der Waals surface area contributed by atoms with Crippen LogP contribution < -0.4 is 0 Å². The van der Waals surface area contributed by atoms with Gasteiger partial charge in [-0.2, -0.15) is 0 Å². The predicted molar refractivity (Wildman–Crippen MR) is 135 cm³/mol. The van der Waals surface area contributed by atoms with Gasteiger partial charge in [0.25, 0.3) is 0 Å². The molecule has 4 saturated carbocycles. The SMILES string of the molecule is C[C@@H]1CC[C@]2(C(=O)O)CC[C@]3(C)C(=CC[C@@H]4[C@@]5(C)CC[C@H](O)[C@@](C)(C=O)[C@H]5C(=O)C[C@]43C)[C@@H]2[C@]1(C)O. The van der Waals surface area contributed by atoms with Gasteiger partial charge in [0, 0.05) is 18.3 Å². The highest BCUT2D eigenvalue weighted by molar-refractivity contribution is 5.88. The Labute approximate surface area is 214 Å². The van der Waals surface area contributed by atoms with Crippen LogP contribution in [0.3, 0.4) is 0 Å². The topological polar surface area (TPSA) is 112 Å². The molecule has 3 N–H and O–H groups in total. The standard InChI is InChI=1S/C30H44O6/c1-17-9-12-30(24(34)35)14-13-27(4)18(22(30)29(17,6)36)7-8-20-25(2)11-10-21(33)26(3,16-31)23(25)19(32)15-28(20,27)5/h7,16-17,20-23,33,36H,8-15H2,1-6H3,(H,34,35)/t17-,20-,21+,22-,23+,25-,26-,27-,28-,29-,30+/m1/s1. The van der Waals surface area contributed by atoms with E-state index in [1.54, 1.807) is 6.92 Å². The second-order valence-electron chi connectivity index (χ2n) is 14.4. The average molecular weight is 501 g/mol. The number of carboxylic acid groups (broad SMARTS) is 1. The lowest BCUT2D eigenvalue weighted by atomic mass is 9.33. The second kappa shape index (κ2) is 7.53.